The van der Waals surface area contributed by atoms with Gasteiger partial charge in [-0.3, -0.25) is 9.59 Å². The number of amides is 2. The molecule has 19 heavy (non-hydrogen) atoms. The Morgan fingerprint density at radius 2 is 2.00 bits per heavy atom. The largest absolute Gasteiger partial charge is 0.337 e. The van der Waals surface area contributed by atoms with Crippen molar-refractivity contribution in [2.24, 2.45) is 0 Å². The molecule has 0 spiro atoms. The lowest BCUT2D eigenvalue weighted by Crippen LogP contribution is -2.40. The van der Waals surface area contributed by atoms with Crippen molar-refractivity contribution in [1.82, 2.24) is 19.8 Å². The summed E-state index contributed by atoms with van der Waals surface area (Å²) in [4.78, 5) is 34.5. The average molecular weight is 262 g/mol. The van der Waals surface area contributed by atoms with Crippen LogP contribution in [-0.2, 0) is 16.1 Å². The van der Waals surface area contributed by atoms with Crippen LogP contribution in [0.3, 0.4) is 0 Å². The van der Waals surface area contributed by atoms with E-state index < -0.39 is 0 Å². The third-order valence-corrected chi connectivity index (χ3v) is 2.62. The van der Waals surface area contributed by atoms with Gasteiger partial charge in [-0.25, -0.2) is 9.97 Å². The van der Waals surface area contributed by atoms with Crippen molar-refractivity contribution in [2.45, 2.75) is 13.5 Å². The van der Waals surface area contributed by atoms with E-state index in [-0.39, 0.29) is 18.4 Å². The minimum atomic E-state index is -0.250. The molecule has 0 aromatic carbocycles. The maximum Gasteiger partial charge on any atom is 0.246 e. The molecule has 0 atom stereocenters. The predicted octanol–water partition coefficient (Wildman–Crippen LogP) is 0.469. The van der Waals surface area contributed by atoms with Crippen LogP contribution in [-0.4, -0.2) is 51.7 Å². The fraction of sp³-hybridized carbons (Fsp3) is 0.385. The highest BCUT2D eigenvalue weighted by molar-refractivity contribution is 5.90. The van der Waals surface area contributed by atoms with Gasteiger partial charge in [0.1, 0.15) is 5.82 Å². The molecular weight excluding hydrogens is 244 g/mol. The zero-order valence-corrected chi connectivity index (χ0v) is 11.2. The number of aromatic nitrogens is 2. The summed E-state index contributed by atoms with van der Waals surface area (Å²) in [5, 5.41) is 0. The highest BCUT2D eigenvalue weighted by atomic mass is 16.2. The number of likely N-dealkylation sites (N-methyl/N-ethyl adjacent to an activating group) is 2. The van der Waals surface area contributed by atoms with E-state index in [0.717, 1.165) is 0 Å². The predicted molar refractivity (Wildman–Crippen MR) is 71.0 cm³/mol. The molecule has 0 radical (unpaired) electrons. The molecule has 1 aromatic rings. The second-order valence-electron chi connectivity index (χ2n) is 3.97. The summed E-state index contributed by atoms with van der Waals surface area (Å²) in [6.07, 6.45) is 4.46. The Morgan fingerprint density at radius 1 is 1.37 bits per heavy atom. The summed E-state index contributed by atoms with van der Waals surface area (Å²) in [7, 11) is 1.66. The SMILES string of the molecule is C=CC(=O)N(CC)CC(=O)N(C)Cc1ncccn1. The molecule has 1 aromatic heterocycles. The Bertz CT molecular complexity index is 447. The molecule has 0 aliphatic rings. The lowest BCUT2D eigenvalue weighted by molar-refractivity contribution is -0.137. The van der Waals surface area contributed by atoms with Gasteiger partial charge >= 0.3 is 0 Å². The highest BCUT2D eigenvalue weighted by Crippen LogP contribution is 1.98. The Balaban J connectivity index is 2.57. The Morgan fingerprint density at radius 3 is 2.53 bits per heavy atom. The molecule has 6 heteroatoms. The van der Waals surface area contributed by atoms with Crippen molar-refractivity contribution in [1.29, 1.82) is 0 Å². The van der Waals surface area contributed by atoms with Crippen LogP contribution in [0.5, 0.6) is 0 Å². The third kappa shape index (κ3) is 4.50. The van der Waals surface area contributed by atoms with Gasteiger partial charge in [-0.2, -0.15) is 0 Å². The fourth-order valence-corrected chi connectivity index (χ4v) is 1.47. The first kappa shape index (κ1) is 14.8. The van der Waals surface area contributed by atoms with E-state index in [1.807, 2.05) is 6.92 Å². The van der Waals surface area contributed by atoms with Gasteiger partial charge in [0, 0.05) is 26.0 Å². The molecule has 0 aliphatic carbocycles. The normalized spacial score (nSPS) is 9.79. The molecule has 0 aliphatic heterocycles. The molecule has 0 unspecified atom stereocenters. The second-order valence-corrected chi connectivity index (χ2v) is 3.97. The highest BCUT2D eigenvalue weighted by Gasteiger charge is 2.16. The van der Waals surface area contributed by atoms with Crippen LogP contribution < -0.4 is 0 Å². The van der Waals surface area contributed by atoms with E-state index in [2.05, 4.69) is 16.5 Å². The van der Waals surface area contributed by atoms with Crippen molar-refractivity contribution in [3.05, 3.63) is 36.9 Å². The Hall–Kier alpha value is -2.24. The van der Waals surface area contributed by atoms with Crippen molar-refractivity contribution >= 4 is 11.8 Å². The Labute approximate surface area is 112 Å². The summed E-state index contributed by atoms with van der Waals surface area (Å²) < 4.78 is 0. The number of nitrogens with zero attached hydrogens (tertiary/aromatic N) is 4. The number of carbonyl (C=O) groups excluding carboxylic acids is 2. The first-order chi connectivity index (χ1) is 9.08. The minimum Gasteiger partial charge on any atom is -0.337 e. The average Bonchev–Trinajstić information content (AvgIpc) is 2.44. The molecule has 6 nitrogen and oxygen atoms in total. The second kappa shape index (κ2) is 7.25. The fourth-order valence-electron chi connectivity index (χ4n) is 1.47. The van der Waals surface area contributed by atoms with Gasteiger partial charge in [0.05, 0.1) is 13.1 Å². The first-order valence-electron chi connectivity index (χ1n) is 5.99. The molecular formula is C13H18N4O2. The van der Waals surface area contributed by atoms with E-state index in [4.69, 9.17) is 0 Å². The van der Waals surface area contributed by atoms with E-state index in [0.29, 0.717) is 18.9 Å². The van der Waals surface area contributed by atoms with Gasteiger partial charge < -0.3 is 9.80 Å². The van der Waals surface area contributed by atoms with Crippen molar-refractivity contribution in [3.63, 3.8) is 0 Å². The third-order valence-electron chi connectivity index (χ3n) is 2.62. The lowest BCUT2D eigenvalue weighted by atomic mass is 10.4. The van der Waals surface area contributed by atoms with Crippen molar-refractivity contribution in [3.8, 4) is 0 Å². The topological polar surface area (TPSA) is 66.4 Å². The maximum absolute atomic E-state index is 12.0. The van der Waals surface area contributed by atoms with Gasteiger partial charge in [-0.1, -0.05) is 6.58 Å². The van der Waals surface area contributed by atoms with Gasteiger partial charge in [-0.05, 0) is 19.1 Å². The van der Waals surface area contributed by atoms with Gasteiger partial charge in [0.2, 0.25) is 11.8 Å². The maximum atomic E-state index is 12.0. The monoisotopic (exact) mass is 262 g/mol. The molecule has 2 amide bonds. The van der Waals surface area contributed by atoms with Crippen LogP contribution in [0.15, 0.2) is 31.1 Å². The lowest BCUT2D eigenvalue weighted by Gasteiger charge is -2.22. The number of rotatable bonds is 6. The molecule has 1 heterocycles. The van der Waals surface area contributed by atoms with Gasteiger partial charge in [-0.15, -0.1) is 0 Å². The number of hydrogen-bond donors (Lipinski definition) is 0. The molecule has 1 rings (SSSR count). The van der Waals surface area contributed by atoms with Crippen molar-refractivity contribution < 1.29 is 9.59 Å². The van der Waals surface area contributed by atoms with Crippen LogP contribution in [0.1, 0.15) is 12.7 Å². The van der Waals surface area contributed by atoms with Crippen LogP contribution in [0.2, 0.25) is 0 Å². The van der Waals surface area contributed by atoms with E-state index in [1.165, 1.54) is 15.9 Å². The summed E-state index contributed by atoms with van der Waals surface area (Å²) in [6.45, 7) is 6.04. The van der Waals surface area contributed by atoms with E-state index >= 15 is 0 Å². The molecule has 0 fully saturated rings. The van der Waals surface area contributed by atoms with Crippen molar-refractivity contribution in [2.75, 3.05) is 20.1 Å². The molecule has 0 bridgehead atoms. The molecule has 0 N–H and O–H groups in total. The molecule has 102 valence electrons. The molecule has 0 saturated heterocycles. The summed E-state index contributed by atoms with van der Waals surface area (Å²) in [5.74, 6) is 0.154. The van der Waals surface area contributed by atoms with Crippen LogP contribution in [0.25, 0.3) is 0 Å². The van der Waals surface area contributed by atoms with E-state index in [9.17, 15) is 9.59 Å². The number of carbonyl (C=O) groups is 2. The van der Waals surface area contributed by atoms with E-state index in [1.54, 1.807) is 25.5 Å². The van der Waals surface area contributed by atoms with Crippen LogP contribution in [0.4, 0.5) is 0 Å². The zero-order valence-electron chi connectivity index (χ0n) is 11.2. The van der Waals surface area contributed by atoms with Gasteiger partial charge in [0.15, 0.2) is 0 Å². The zero-order chi connectivity index (χ0) is 14.3. The quantitative estimate of drug-likeness (QED) is 0.699. The van der Waals surface area contributed by atoms with Gasteiger partial charge in [0.25, 0.3) is 0 Å². The number of hydrogen-bond acceptors (Lipinski definition) is 4. The Kier molecular flexibility index (Phi) is 5.66. The summed E-state index contributed by atoms with van der Waals surface area (Å²) in [6, 6.07) is 1.72. The van der Waals surface area contributed by atoms with Crippen LogP contribution >= 0.6 is 0 Å². The summed E-state index contributed by atoms with van der Waals surface area (Å²) >= 11 is 0. The first-order valence-corrected chi connectivity index (χ1v) is 5.99. The summed E-state index contributed by atoms with van der Waals surface area (Å²) in [5.41, 5.74) is 0. The molecule has 0 saturated carbocycles. The van der Waals surface area contributed by atoms with Crippen LogP contribution in [0, 0.1) is 0 Å². The smallest absolute Gasteiger partial charge is 0.246 e. The standard InChI is InChI=1S/C13H18N4O2/c1-4-12(18)17(5-2)10-13(19)16(3)9-11-14-7-6-8-15-11/h4,6-8H,1,5,9-10H2,2-3H3. The minimum absolute atomic E-state index is 0.0324.